The molecule has 0 aromatic heterocycles. The minimum absolute atomic E-state index is 1.11. The maximum Gasteiger partial charge on any atom is 0.0784 e. The minimum atomic E-state index is 1.11. The van der Waals surface area contributed by atoms with Crippen molar-refractivity contribution in [1.29, 1.82) is 0 Å². The molecule has 0 spiro atoms. The van der Waals surface area contributed by atoms with E-state index in [-0.39, 0.29) is 0 Å². The van der Waals surface area contributed by atoms with Crippen LogP contribution in [0.25, 0.3) is 0 Å². The van der Waals surface area contributed by atoms with Crippen LogP contribution in [0.3, 0.4) is 0 Å². The molecule has 10 heavy (non-hydrogen) atoms. The van der Waals surface area contributed by atoms with Crippen molar-refractivity contribution in [3.05, 3.63) is 24.5 Å². The fourth-order valence-corrected chi connectivity index (χ4v) is 0.684. The molecule has 0 saturated carbocycles. The first-order chi connectivity index (χ1) is 4.91. The molecule has 0 amide bonds. The number of ether oxygens (including phenoxy) is 1. The van der Waals surface area contributed by atoms with E-state index in [9.17, 15) is 0 Å². The average molecular weight is 140 g/mol. The zero-order chi connectivity index (χ0) is 7.66. The quantitative estimate of drug-likeness (QED) is 0.324. The summed E-state index contributed by atoms with van der Waals surface area (Å²) in [4.78, 5) is 0. The van der Waals surface area contributed by atoms with Crippen LogP contribution in [0, 0.1) is 0 Å². The highest BCUT2D eigenvalue weighted by molar-refractivity contribution is 4.79. The number of allylic oxidation sites excluding steroid dienone is 3. The fraction of sp³-hybridized carbons (Fsp3) is 0.556. The molecule has 0 unspecified atom stereocenters. The topological polar surface area (TPSA) is 9.23 Å². The Morgan fingerprint density at radius 1 is 1.20 bits per heavy atom. The summed E-state index contributed by atoms with van der Waals surface area (Å²) < 4.78 is 4.75. The molecule has 0 radical (unpaired) electrons. The normalized spacial score (nSPS) is 11.4. The number of hydrogen-bond acceptors (Lipinski definition) is 1. The van der Waals surface area contributed by atoms with Gasteiger partial charge in [0.1, 0.15) is 0 Å². The maximum atomic E-state index is 4.75. The van der Waals surface area contributed by atoms with Crippen LogP contribution in [-0.4, -0.2) is 7.11 Å². The Kier molecular flexibility index (Phi) is 7.68. The van der Waals surface area contributed by atoms with Crippen LogP contribution >= 0.6 is 0 Å². The van der Waals surface area contributed by atoms with Crippen molar-refractivity contribution in [2.24, 2.45) is 0 Å². The van der Waals surface area contributed by atoms with E-state index in [0.717, 1.165) is 6.42 Å². The summed E-state index contributed by atoms with van der Waals surface area (Å²) in [5.41, 5.74) is 0. The molecule has 0 heterocycles. The summed E-state index contributed by atoms with van der Waals surface area (Å²) in [6, 6.07) is 0. The second kappa shape index (κ2) is 8.28. The molecule has 1 heteroatoms. The van der Waals surface area contributed by atoms with Gasteiger partial charge in [0.2, 0.25) is 0 Å². The number of rotatable bonds is 5. The molecule has 0 aliphatic heterocycles. The maximum absolute atomic E-state index is 4.75. The predicted octanol–water partition coefficient (Wildman–Crippen LogP) is 2.89. The Bertz CT molecular complexity index is 103. The monoisotopic (exact) mass is 140 g/mol. The van der Waals surface area contributed by atoms with Crippen LogP contribution in [0.5, 0.6) is 0 Å². The second-order valence-electron chi connectivity index (χ2n) is 2.11. The molecule has 0 aromatic rings. The zero-order valence-electron chi connectivity index (χ0n) is 6.84. The van der Waals surface area contributed by atoms with Crippen molar-refractivity contribution in [2.75, 3.05) is 7.11 Å². The highest BCUT2D eigenvalue weighted by Gasteiger charge is 1.78. The van der Waals surface area contributed by atoms with Gasteiger partial charge in [-0.05, 0) is 32.3 Å². The standard InChI is InChI=1S/C9H16O/c1-3-4-5-6-7-8-9-10-2/h3-4,8-9H,5-7H2,1-2H3/b4-3-,9-8?. The first-order valence-electron chi connectivity index (χ1n) is 3.70. The van der Waals surface area contributed by atoms with Crippen LogP contribution in [0.15, 0.2) is 24.5 Å². The van der Waals surface area contributed by atoms with Crippen LogP contribution in [0.2, 0.25) is 0 Å². The summed E-state index contributed by atoms with van der Waals surface area (Å²) in [5.74, 6) is 0. The highest BCUT2D eigenvalue weighted by Crippen LogP contribution is 1.97. The molecule has 0 atom stereocenters. The minimum Gasteiger partial charge on any atom is -0.505 e. The second-order valence-corrected chi connectivity index (χ2v) is 2.11. The van der Waals surface area contributed by atoms with Gasteiger partial charge in [0.25, 0.3) is 0 Å². The molecule has 0 bridgehead atoms. The Labute approximate surface area is 63.4 Å². The van der Waals surface area contributed by atoms with Crippen molar-refractivity contribution in [3.8, 4) is 0 Å². The highest BCUT2D eigenvalue weighted by atomic mass is 16.5. The lowest BCUT2D eigenvalue weighted by molar-refractivity contribution is 0.336. The van der Waals surface area contributed by atoms with Crippen LogP contribution in [-0.2, 0) is 4.74 Å². The number of hydrogen-bond donors (Lipinski definition) is 0. The molecule has 0 aliphatic rings. The summed E-state index contributed by atoms with van der Waals surface area (Å²) in [7, 11) is 1.67. The summed E-state index contributed by atoms with van der Waals surface area (Å²) in [6.45, 7) is 2.05. The van der Waals surface area contributed by atoms with E-state index in [1.54, 1.807) is 13.4 Å². The van der Waals surface area contributed by atoms with Crippen molar-refractivity contribution >= 4 is 0 Å². The lowest BCUT2D eigenvalue weighted by Crippen LogP contribution is -1.69. The van der Waals surface area contributed by atoms with Crippen molar-refractivity contribution < 1.29 is 4.74 Å². The molecular weight excluding hydrogens is 124 g/mol. The fourth-order valence-electron chi connectivity index (χ4n) is 0.684. The number of unbranched alkanes of at least 4 members (excludes halogenated alkanes) is 2. The first-order valence-corrected chi connectivity index (χ1v) is 3.70. The molecule has 0 N–H and O–H groups in total. The lowest BCUT2D eigenvalue weighted by atomic mass is 10.2. The van der Waals surface area contributed by atoms with Gasteiger partial charge in [0, 0.05) is 0 Å². The lowest BCUT2D eigenvalue weighted by Gasteiger charge is -1.89. The molecule has 0 fully saturated rings. The summed E-state index contributed by atoms with van der Waals surface area (Å²) >= 11 is 0. The molecule has 58 valence electrons. The first kappa shape index (κ1) is 9.28. The van der Waals surface area contributed by atoms with Crippen LogP contribution in [0.4, 0.5) is 0 Å². The van der Waals surface area contributed by atoms with Gasteiger partial charge in [-0.1, -0.05) is 12.2 Å². The van der Waals surface area contributed by atoms with Crippen LogP contribution in [0.1, 0.15) is 26.2 Å². The van der Waals surface area contributed by atoms with E-state index in [2.05, 4.69) is 12.2 Å². The Hall–Kier alpha value is -0.720. The van der Waals surface area contributed by atoms with Gasteiger partial charge in [0.05, 0.1) is 13.4 Å². The van der Waals surface area contributed by atoms with Gasteiger partial charge in [-0.25, -0.2) is 0 Å². The Balaban J connectivity index is 2.97. The Morgan fingerprint density at radius 2 is 1.90 bits per heavy atom. The third-order valence-corrected chi connectivity index (χ3v) is 1.21. The van der Waals surface area contributed by atoms with Crippen molar-refractivity contribution in [1.82, 2.24) is 0 Å². The third kappa shape index (κ3) is 7.28. The van der Waals surface area contributed by atoms with E-state index in [1.165, 1.54) is 12.8 Å². The SMILES string of the molecule is C/C=C\CCCC=COC. The zero-order valence-corrected chi connectivity index (χ0v) is 6.84. The largest absolute Gasteiger partial charge is 0.505 e. The molecule has 1 nitrogen and oxygen atoms in total. The van der Waals surface area contributed by atoms with Gasteiger partial charge in [-0.3, -0.25) is 0 Å². The predicted molar refractivity (Wildman–Crippen MR) is 44.8 cm³/mol. The molecule has 0 saturated heterocycles. The number of methoxy groups -OCH3 is 1. The van der Waals surface area contributed by atoms with Gasteiger partial charge >= 0.3 is 0 Å². The molecule has 0 rings (SSSR count). The van der Waals surface area contributed by atoms with Gasteiger partial charge in [-0.15, -0.1) is 0 Å². The van der Waals surface area contributed by atoms with Gasteiger partial charge < -0.3 is 4.74 Å². The van der Waals surface area contributed by atoms with Crippen molar-refractivity contribution in [2.45, 2.75) is 26.2 Å². The Morgan fingerprint density at radius 3 is 2.50 bits per heavy atom. The van der Waals surface area contributed by atoms with E-state index in [4.69, 9.17) is 4.74 Å². The van der Waals surface area contributed by atoms with E-state index in [0.29, 0.717) is 0 Å². The van der Waals surface area contributed by atoms with Crippen LogP contribution < -0.4 is 0 Å². The van der Waals surface area contributed by atoms with E-state index < -0.39 is 0 Å². The molecule has 0 aromatic carbocycles. The van der Waals surface area contributed by atoms with Crippen molar-refractivity contribution in [3.63, 3.8) is 0 Å². The molecule has 0 aliphatic carbocycles. The van der Waals surface area contributed by atoms with Gasteiger partial charge in [-0.2, -0.15) is 0 Å². The average Bonchev–Trinajstić information content (AvgIpc) is 1.97. The summed E-state index contributed by atoms with van der Waals surface area (Å²) in [5, 5.41) is 0. The van der Waals surface area contributed by atoms with E-state index in [1.807, 2.05) is 13.0 Å². The molecular formula is C9H16O. The summed E-state index contributed by atoms with van der Waals surface area (Å²) in [6.07, 6.45) is 11.5. The third-order valence-electron chi connectivity index (χ3n) is 1.21. The smallest absolute Gasteiger partial charge is 0.0784 e. The van der Waals surface area contributed by atoms with E-state index >= 15 is 0 Å². The van der Waals surface area contributed by atoms with Gasteiger partial charge in [0.15, 0.2) is 0 Å².